The Balaban J connectivity index is 1.34. The summed E-state index contributed by atoms with van der Waals surface area (Å²) in [6.07, 6.45) is 3.56. The predicted molar refractivity (Wildman–Crippen MR) is 109 cm³/mol. The molecule has 1 aliphatic heterocycles. The molecule has 0 unspecified atom stereocenters. The number of carbonyl (C=O) groups is 1. The Bertz CT molecular complexity index is 958. The Labute approximate surface area is 169 Å². The van der Waals surface area contributed by atoms with Gasteiger partial charge >= 0.3 is 0 Å². The average Bonchev–Trinajstić information content (AvgIpc) is 3.23. The van der Waals surface area contributed by atoms with Crippen LogP contribution in [0.1, 0.15) is 27.4 Å². The summed E-state index contributed by atoms with van der Waals surface area (Å²) in [4.78, 5) is 20.9. The summed E-state index contributed by atoms with van der Waals surface area (Å²) in [6.45, 7) is 7.07. The van der Waals surface area contributed by atoms with Crippen molar-refractivity contribution >= 4 is 11.6 Å². The molecule has 0 aliphatic carbocycles. The van der Waals surface area contributed by atoms with E-state index in [1.807, 2.05) is 49.1 Å². The minimum atomic E-state index is -0.110. The number of hydrogen-bond acceptors (Lipinski definition) is 6. The molecule has 7 nitrogen and oxygen atoms in total. The van der Waals surface area contributed by atoms with Crippen molar-refractivity contribution in [2.45, 2.75) is 20.5 Å². The fourth-order valence-corrected chi connectivity index (χ4v) is 3.54. The number of aromatic nitrogens is 2. The van der Waals surface area contributed by atoms with Crippen LogP contribution in [0.2, 0.25) is 0 Å². The van der Waals surface area contributed by atoms with Crippen molar-refractivity contribution in [2.75, 3.05) is 31.1 Å². The topological polar surface area (TPSA) is 71.7 Å². The molecule has 1 aliphatic rings. The Morgan fingerprint density at radius 1 is 1.07 bits per heavy atom. The first-order chi connectivity index (χ1) is 14.1. The maximum atomic E-state index is 12.8. The van der Waals surface area contributed by atoms with Gasteiger partial charge in [0.05, 0.1) is 0 Å². The van der Waals surface area contributed by atoms with Gasteiger partial charge in [-0.15, -0.1) is 0 Å². The average molecular weight is 392 g/mol. The van der Waals surface area contributed by atoms with Crippen molar-refractivity contribution < 1.29 is 14.1 Å². The molecule has 4 rings (SSSR count). The van der Waals surface area contributed by atoms with E-state index >= 15 is 0 Å². The van der Waals surface area contributed by atoms with Crippen molar-refractivity contribution in [3.8, 4) is 5.75 Å². The van der Waals surface area contributed by atoms with E-state index < -0.39 is 0 Å². The highest BCUT2D eigenvalue weighted by Gasteiger charge is 2.25. The molecular formula is C22H24N4O3. The lowest BCUT2D eigenvalue weighted by molar-refractivity contribution is 0.0736. The van der Waals surface area contributed by atoms with Gasteiger partial charge in [-0.2, -0.15) is 0 Å². The number of piperazine rings is 1. The van der Waals surface area contributed by atoms with E-state index in [4.69, 9.17) is 9.26 Å². The molecule has 1 saturated heterocycles. The molecule has 0 spiro atoms. The Hall–Kier alpha value is -3.35. The lowest BCUT2D eigenvalue weighted by Crippen LogP contribution is -2.48. The van der Waals surface area contributed by atoms with Crippen molar-refractivity contribution in [3.05, 3.63) is 71.4 Å². The van der Waals surface area contributed by atoms with Crippen LogP contribution in [0.25, 0.3) is 0 Å². The van der Waals surface area contributed by atoms with E-state index in [1.165, 1.54) is 0 Å². The predicted octanol–water partition coefficient (Wildman–Crippen LogP) is 3.23. The molecule has 0 atom stereocenters. The zero-order chi connectivity index (χ0) is 20.2. The first kappa shape index (κ1) is 19.0. The Kier molecular flexibility index (Phi) is 5.46. The third-order valence-electron chi connectivity index (χ3n) is 5.14. The highest BCUT2D eigenvalue weighted by Crippen LogP contribution is 2.24. The standard InChI is InChI=1S/C22H24N4O3/c1-16-4-3-5-17(2)21(16)28-15-19-14-20(24-29-19)22(27)26-12-10-25(11-13-26)18-6-8-23-9-7-18/h3-9,14H,10-13,15H2,1-2H3. The van der Waals surface area contributed by atoms with Gasteiger partial charge in [-0.3, -0.25) is 9.78 Å². The van der Waals surface area contributed by atoms with E-state index in [2.05, 4.69) is 15.0 Å². The van der Waals surface area contributed by atoms with E-state index in [9.17, 15) is 4.79 Å². The second kappa shape index (κ2) is 8.34. The second-order valence-corrected chi connectivity index (χ2v) is 7.17. The second-order valence-electron chi connectivity index (χ2n) is 7.17. The van der Waals surface area contributed by atoms with E-state index in [-0.39, 0.29) is 12.5 Å². The molecule has 1 amide bonds. The molecule has 0 saturated carbocycles. The van der Waals surface area contributed by atoms with Gasteiger partial charge in [-0.05, 0) is 37.1 Å². The van der Waals surface area contributed by atoms with Gasteiger partial charge in [-0.1, -0.05) is 23.4 Å². The van der Waals surface area contributed by atoms with Crippen LogP contribution in [0, 0.1) is 13.8 Å². The highest BCUT2D eigenvalue weighted by atomic mass is 16.5. The van der Waals surface area contributed by atoms with Gasteiger partial charge in [0, 0.05) is 50.3 Å². The first-order valence-corrected chi connectivity index (χ1v) is 9.70. The van der Waals surface area contributed by atoms with Crippen molar-refractivity contribution in [2.24, 2.45) is 0 Å². The zero-order valence-electron chi connectivity index (χ0n) is 16.7. The fourth-order valence-electron chi connectivity index (χ4n) is 3.54. The Morgan fingerprint density at radius 2 is 1.76 bits per heavy atom. The smallest absolute Gasteiger partial charge is 0.276 e. The number of para-hydroxylation sites is 1. The van der Waals surface area contributed by atoms with Gasteiger partial charge in [-0.25, -0.2) is 0 Å². The molecule has 3 aromatic rings. The molecule has 0 radical (unpaired) electrons. The van der Waals surface area contributed by atoms with Crippen LogP contribution >= 0.6 is 0 Å². The number of hydrogen-bond donors (Lipinski definition) is 0. The van der Waals surface area contributed by atoms with Crippen LogP contribution < -0.4 is 9.64 Å². The van der Waals surface area contributed by atoms with Crippen LogP contribution in [-0.2, 0) is 6.61 Å². The fraction of sp³-hybridized carbons (Fsp3) is 0.318. The molecular weight excluding hydrogens is 368 g/mol. The summed E-state index contributed by atoms with van der Waals surface area (Å²) < 4.78 is 11.2. The third kappa shape index (κ3) is 4.23. The summed E-state index contributed by atoms with van der Waals surface area (Å²) in [5.41, 5.74) is 3.57. The van der Waals surface area contributed by atoms with Crippen molar-refractivity contribution in [1.29, 1.82) is 0 Å². The minimum Gasteiger partial charge on any atom is -0.485 e. The number of amides is 1. The maximum absolute atomic E-state index is 12.8. The number of ether oxygens (including phenoxy) is 1. The number of rotatable bonds is 5. The molecule has 150 valence electrons. The summed E-state index contributed by atoms with van der Waals surface area (Å²) >= 11 is 0. The van der Waals surface area contributed by atoms with Crippen LogP contribution in [0.15, 0.2) is 53.3 Å². The van der Waals surface area contributed by atoms with Gasteiger partial charge in [0.25, 0.3) is 5.91 Å². The minimum absolute atomic E-state index is 0.110. The molecule has 1 aromatic carbocycles. The molecule has 2 aromatic heterocycles. The molecule has 1 fully saturated rings. The van der Waals surface area contributed by atoms with E-state index in [0.717, 1.165) is 35.7 Å². The first-order valence-electron chi connectivity index (χ1n) is 9.70. The Morgan fingerprint density at radius 3 is 2.45 bits per heavy atom. The number of carbonyl (C=O) groups excluding carboxylic acids is 1. The van der Waals surface area contributed by atoms with Crippen molar-refractivity contribution in [3.63, 3.8) is 0 Å². The summed E-state index contributed by atoms with van der Waals surface area (Å²) in [6, 6.07) is 11.6. The number of aryl methyl sites for hydroxylation is 2. The molecule has 3 heterocycles. The summed E-state index contributed by atoms with van der Waals surface area (Å²) in [5.74, 6) is 1.26. The highest BCUT2D eigenvalue weighted by molar-refractivity contribution is 5.92. The molecule has 29 heavy (non-hydrogen) atoms. The molecule has 0 bridgehead atoms. The van der Waals surface area contributed by atoms with Crippen LogP contribution in [0.5, 0.6) is 5.75 Å². The maximum Gasteiger partial charge on any atom is 0.276 e. The number of nitrogens with zero attached hydrogens (tertiary/aromatic N) is 4. The van der Waals surface area contributed by atoms with Crippen LogP contribution in [0.3, 0.4) is 0 Å². The van der Waals surface area contributed by atoms with Gasteiger partial charge in [0.15, 0.2) is 11.5 Å². The summed E-state index contributed by atoms with van der Waals surface area (Å²) in [5, 5.41) is 3.96. The monoisotopic (exact) mass is 392 g/mol. The van der Waals surface area contributed by atoms with E-state index in [1.54, 1.807) is 18.5 Å². The van der Waals surface area contributed by atoms with Crippen LogP contribution in [0.4, 0.5) is 5.69 Å². The largest absolute Gasteiger partial charge is 0.485 e. The SMILES string of the molecule is Cc1cccc(C)c1OCc1cc(C(=O)N2CCN(c3ccncc3)CC2)no1. The van der Waals surface area contributed by atoms with E-state index in [0.29, 0.717) is 24.5 Å². The number of benzene rings is 1. The lowest BCUT2D eigenvalue weighted by Gasteiger charge is -2.35. The zero-order valence-corrected chi connectivity index (χ0v) is 16.7. The normalized spacial score (nSPS) is 14.1. The third-order valence-corrected chi connectivity index (χ3v) is 5.14. The quantitative estimate of drug-likeness (QED) is 0.664. The van der Waals surface area contributed by atoms with Crippen molar-refractivity contribution in [1.82, 2.24) is 15.0 Å². The van der Waals surface area contributed by atoms with Gasteiger partial charge in [0.1, 0.15) is 12.4 Å². The van der Waals surface area contributed by atoms with Gasteiger partial charge < -0.3 is 19.1 Å². The van der Waals surface area contributed by atoms with Gasteiger partial charge in [0.2, 0.25) is 0 Å². The molecule has 7 heteroatoms. The lowest BCUT2D eigenvalue weighted by atomic mass is 10.1. The van der Waals surface area contributed by atoms with Crippen LogP contribution in [-0.4, -0.2) is 47.1 Å². The number of anilines is 1. The molecule has 0 N–H and O–H groups in total. The number of pyridine rings is 1. The summed E-state index contributed by atoms with van der Waals surface area (Å²) in [7, 11) is 0.